The second kappa shape index (κ2) is 5.41. The quantitative estimate of drug-likeness (QED) is 0.851. The Balaban J connectivity index is 1.87. The van der Waals surface area contributed by atoms with E-state index in [1.54, 1.807) is 6.07 Å². The lowest BCUT2D eigenvalue weighted by atomic mass is 9.71. The molecule has 2 unspecified atom stereocenters. The van der Waals surface area contributed by atoms with Crippen LogP contribution in [-0.4, -0.2) is 29.6 Å². The molecule has 21 heavy (non-hydrogen) atoms. The topological polar surface area (TPSA) is 40.5 Å². The Kier molecular flexibility index (Phi) is 3.74. The molecule has 1 aromatic carbocycles. The molecular formula is C17H22FNO2. The van der Waals surface area contributed by atoms with Crippen molar-refractivity contribution in [2.45, 2.75) is 44.6 Å². The van der Waals surface area contributed by atoms with Crippen molar-refractivity contribution in [1.29, 1.82) is 0 Å². The minimum Gasteiger partial charge on any atom is -0.389 e. The highest BCUT2D eigenvalue weighted by molar-refractivity contribution is 5.99. The molecule has 0 bridgehead atoms. The smallest absolute Gasteiger partial charge is 0.161 e. The molecule has 1 heterocycles. The number of hydrogen-bond acceptors (Lipinski definition) is 3. The van der Waals surface area contributed by atoms with Gasteiger partial charge >= 0.3 is 0 Å². The maximum atomic E-state index is 13.4. The van der Waals surface area contributed by atoms with Gasteiger partial charge in [-0.1, -0.05) is 12.8 Å². The molecular weight excluding hydrogens is 269 g/mol. The van der Waals surface area contributed by atoms with Gasteiger partial charge in [0.15, 0.2) is 5.78 Å². The van der Waals surface area contributed by atoms with Crippen LogP contribution in [-0.2, 0) is 0 Å². The third-order valence-corrected chi connectivity index (χ3v) is 5.11. The number of fused-ring (bicyclic) bond motifs is 1. The summed E-state index contributed by atoms with van der Waals surface area (Å²) in [7, 11) is 0. The van der Waals surface area contributed by atoms with Crippen LogP contribution in [0.15, 0.2) is 18.2 Å². The van der Waals surface area contributed by atoms with Crippen LogP contribution in [0.5, 0.6) is 0 Å². The van der Waals surface area contributed by atoms with Gasteiger partial charge in [0, 0.05) is 30.3 Å². The number of halogens is 1. The summed E-state index contributed by atoms with van der Waals surface area (Å²) in [6.07, 6.45) is 4.90. The summed E-state index contributed by atoms with van der Waals surface area (Å²) in [6, 6.07) is 4.42. The molecule has 0 radical (unpaired) electrons. The fourth-order valence-electron chi connectivity index (χ4n) is 3.86. The summed E-state index contributed by atoms with van der Waals surface area (Å²) in [6.45, 7) is 2.94. The predicted octanol–water partition coefficient (Wildman–Crippen LogP) is 3.16. The van der Waals surface area contributed by atoms with Crippen LogP contribution in [0.25, 0.3) is 0 Å². The van der Waals surface area contributed by atoms with Gasteiger partial charge in [-0.2, -0.15) is 0 Å². The number of rotatable bonds is 2. The van der Waals surface area contributed by atoms with Crippen LogP contribution in [0, 0.1) is 11.7 Å². The fourth-order valence-corrected chi connectivity index (χ4v) is 3.86. The molecule has 0 aromatic heterocycles. The van der Waals surface area contributed by atoms with E-state index in [-0.39, 0.29) is 17.5 Å². The first-order chi connectivity index (χ1) is 9.99. The molecule has 1 aliphatic carbocycles. The summed E-state index contributed by atoms with van der Waals surface area (Å²) < 4.78 is 13.4. The standard InChI is InChI=1S/C17H22FNO2/c1-12(20)15-10-14(18)5-6-16(15)19-9-8-17(21)7-3-2-4-13(17)11-19/h5-6,10,13,21H,2-4,7-9,11H2,1H3. The van der Waals surface area contributed by atoms with Crippen molar-refractivity contribution in [1.82, 2.24) is 0 Å². The van der Waals surface area contributed by atoms with E-state index in [0.717, 1.165) is 50.9 Å². The van der Waals surface area contributed by atoms with Crippen molar-refractivity contribution < 1.29 is 14.3 Å². The molecule has 2 fully saturated rings. The average Bonchev–Trinajstić information content (AvgIpc) is 2.46. The monoisotopic (exact) mass is 291 g/mol. The first-order valence-electron chi connectivity index (χ1n) is 7.77. The molecule has 0 spiro atoms. The molecule has 114 valence electrons. The molecule has 4 heteroatoms. The van der Waals surface area contributed by atoms with Gasteiger partial charge in [0.05, 0.1) is 5.60 Å². The van der Waals surface area contributed by atoms with Crippen LogP contribution >= 0.6 is 0 Å². The zero-order chi connectivity index (χ0) is 15.0. The van der Waals surface area contributed by atoms with E-state index in [1.165, 1.54) is 19.1 Å². The second-order valence-corrected chi connectivity index (χ2v) is 6.46. The summed E-state index contributed by atoms with van der Waals surface area (Å²) in [5.41, 5.74) is 0.707. The maximum absolute atomic E-state index is 13.4. The number of benzene rings is 1. The normalized spacial score (nSPS) is 29.1. The number of nitrogens with zero attached hydrogens (tertiary/aromatic N) is 1. The Morgan fingerprint density at radius 1 is 1.38 bits per heavy atom. The van der Waals surface area contributed by atoms with Crippen LogP contribution in [0.2, 0.25) is 0 Å². The van der Waals surface area contributed by atoms with Gasteiger partial charge < -0.3 is 10.0 Å². The number of carbonyl (C=O) groups is 1. The first kappa shape index (κ1) is 14.5. The zero-order valence-electron chi connectivity index (χ0n) is 12.4. The molecule has 1 saturated heterocycles. The minimum absolute atomic E-state index is 0.117. The Bertz CT molecular complexity index is 560. The van der Waals surface area contributed by atoms with Crippen LogP contribution in [0.1, 0.15) is 49.4 Å². The van der Waals surface area contributed by atoms with Crippen molar-refractivity contribution in [3.8, 4) is 0 Å². The molecule has 2 aliphatic rings. The lowest BCUT2D eigenvalue weighted by Gasteiger charge is -2.48. The van der Waals surface area contributed by atoms with Gasteiger partial charge in [-0.3, -0.25) is 4.79 Å². The van der Waals surface area contributed by atoms with E-state index in [0.29, 0.717) is 5.56 Å². The van der Waals surface area contributed by atoms with Crippen molar-refractivity contribution >= 4 is 11.5 Å². The van der Waals surface area contributed by atoms with Crippen LogP contribution in [0.4, 0.5) is 10.1 Å². The lowest BCUT2D eigenvalue weighted by molar-refractivity contribution is -0.0612. The van der Waals surface area contributed by atoms with E-state index < -0.39 is 5.60 Å². The summed E-state index contributed by atoms with van der Waals surface area (Å²) >= 11 is 0. The first-order valence-corrected chi connectivity index (χ1v) is 7.77. The van der Waals surface area contributed by atoms with E-state index >= 15 is 0 Å². The molecule has 2 atom stereocenters. The molecule has 1 saturated carbocycles. The van der Waals surface area contributed by atoms with Crippen LogP contribution < -0.4 is 4.90 Å². The van der Waals surface area contributed by atoms with E-state index in [9.17, 15) is 14.3 Å². The molecule has 1 aromatic rings. The summed E-state index contributed by atoms with van der Waals surface area (Å²) in [5.74, 6) is -0.242. The van der Waals surface area contributed by atoms with E-state index in [2.05, 4.69) is 4.90 Å². The number of hydrogen-bond donors (Lipinski definition) is 1. The average molecular weight is 291 g/mol. The van der Waals surface area contributed by atoms with Gasteiger partial charge in [0.1, 0.15) is 5.82 Å². The van der Waals surface area contributed by atoms with Gasteiger partial charge in [-0.25, -0.2) is 4.39 Å². The molecule has 3 rings (SSSR count). The van der Waals surface area contributed by atoms with Crippen molar-refractivity contribution in [3.05, 3.63) is 29.6 Å². The summed E-state index contributed by atoms with van der Waals surface area (Å²) in [5, 5.41) is 10.7. The highest BCUT2D eigenvalue weighted by Gasteiger charge is 2.43. The number of ketones is 1. The number of Topliss-reactive ketones (excluding diaryl/α,β-unsaturated/α-hetero) is 1. The fraction of sp³-hybridized carbons (Fsp3) is 0.588. The molecule has 3 nitrogen and oxygen atoms in total. The third-order valence-electron chi connectivity index (χ3n) is 5.11. The van der Waals surface area contributed by atoms with Crippen molar-refractivity contribution in [2.24, 2.45) is 5.92 Å². The van der Waals surface area contributed by atoms with Crippen molar-refractivity contribution in [2.75, 3.05) is 18.0 Å². The lowest BCUT2D eigenvalue weighted by Crippen LogP contribution is -2.53. The SMILES string of the molecule is CC(=O)c1cc(F)ccc1N1CCC2(O)CCCCC2C1. The number of aliphatic hydroxyl groups is 1. The van der Waals surface area contributed by atoms with E-state index in [1.807, 2.05) is 0 Å². The Morgan fingerprint density at radius 3 is 2.95 bits per heavy atom. The Hall–Kier alpha value is -1.42. The Labute approximate surface area is 124 Å². The molecule has 0 amide bonds. The van der Waals surface area contributed by atoms with E-state index in [4.69, 9.17) is 0 Å². The maximum Gasteiger partial charge on any atom is 0.161 e. The second-order valence-electron chi connectivity index (χ2n) is 6.46. The summed E-state index contributed by atoms with van der Waals surface area (Å²) in [4.78, 5) is 13.9. The highest BCUT2D eigenvalue weighted by Crippen LogP contribution is 2.41. The Morgan fingerprint density at radius 2 is 2.19 bits per heavy atom. The van der Waals surface area contributed by atoms with Gasteiger partial charge in [0.25, 0.3) is 0 Å². The molecule has 1 N–H and O–H groups in total. The van der Waals surface area contributed by atoms with Gasteiger partial charge in [-0.05, 0) is 44.4 Å². The van der Waals surface area contributed by atoms with Gasteiger partial charge in [0.2, 0.25) is 0 Å². The van der Waals surface area contributed by atoms with Crippen molar-refractivity contribution in [3.63, 3.8) is 0 Å². The van der Waals surface area contributed by atoms with Gasteiger partial charge in [-0.15, -0.1) is 0 Å². The number of anilines is 1. The predicted molar refractivity (Wildman–Crippen MR) is 80.1 cm³/mol. The number of piperidine rings is 1. The highest BCUT2D eigenvalue weighted by atomic mass is 19.1. The number of carbonyl (C=O) groups excluding carboxylic acids is 1. The third kappa shape index (κ3) is 2.69. The van der Waals surface area contributed by atoms with Crippen LogP contribution in [0.3, 0.4) is 0 Å². The minimum atomic E-state index is -0.537. The zero-order valence-corrected chi connectivity index (χ0v) is 12.4. The molecule has 1 aliphatic heterocycles. The largest absolute Gasteiger partial charge is 0.389 e.